The number of ether oxygens (including phenoxy) is 2. The second-order valence-electron chi connectivity index (χ2n) is 5.12. The van der Waals surface area contributed by atoms with Crippen molar-refractivity contribution in [1.82, 2.24) is 0 Å². The summed E-state index contributed by atoms with van der Waals surface area (Å²) in [6, 6.07) is 16.1. The maximum atomic E-state index is 12.8. The number of halogens is 1. The largest absolute Gasteiger partial charge is 0.506 e. The summed E-state index contributed by atoms with van der Waals surface area (Å²) in [5.74, 6) is -0.583. The van der Waals surface area contributed by atoms with E-state index in [1.807, 2.05) is 12.1 Å². The van der Waals surface area contributed by atoms with Crippen LogP contribution in [0.25, 0.3) is 10.8 Å². The van der Waals surface area contributed by atoms with Crippen molar-refractivity contribution in [1.29, 1.82) is 0 Å². The average Bonchev–Trinajstić information content (AvgIpc) is 2.60. The second kappa shape index (κ2) is 7.00. The normalized spacial score (nSPS) is 10.5. The van der Waals surface area contributed by atoms with Crippen LogP contribution >= 0.6 is 0 Å². The van der Waals surface area contributed by atoms with Crippen LogP contribution in [0.4, 0.5) is 4.39 Å². The Morgan fingerprint density at radius 3 is 2.50 bits per heavy atom. The van der Waals surface area contributed by atoms with Gasteiger partial charge in [-0.3, -0.25) is 0 Å². The lowest BCUT2D eigenvalue weighted by Gasteiger charge is -2.09. The molecule has 0 heterocycles. The van der Waals surface area contributed by atoms with Gasteiger partial charge in [-0.05, 0) is 35.7 Å². The number of carbonyl (C=O) groups is 1. The standard InChI is InChI=1S/C19H15FO4/c20-14-6-8-15(9-7-14)23-11-12-24-19(22)17-10-5-13-3-1-2-4-16(13)18(17)21/h1-10,21H,11-12H2. The average molecular weight is 326 g/mol. The smallest absolute Gasteiger partial charge is 0.342 e. The molecule has 0 radical (unpaired) electrons. The fourth-order valence-electron chi connectivity index (χ4n) is 2.32. The number of hydrogen-bond acceptors (Lipinski definition) is 4. The highest BCUT2D eigenvalue weighted by molar-refractivity contribution is 6.01. The molecule has 0 saturated carbocycles. The molecule has 0 amide bonds. The fourth-order valence-corrected chi connectivity index (χ4v) is 2.32. The van der Waals surface area contributed by atoms with Crippen LogP contribution in [0.2, 0.25) is 0 Å². The molecular formula is C19H15FO4. The van der Waals surface area contributed by atoms with Crippen molar-refractivity contribution in [2.24, 2.45) is 0 Å². The fraction of sp³-hybridized carbons (Fsp3) is 0.105. The van der Waals surface area contributed by atoms with Crippen LogP contribution in [0, 0.1) is 5.82 Å². The summed E-state index contributed by atoms with van der Waals surface area (Å²) in [7, 11) is 0. The van der Waals surface area contributed by atoms with Gasteiger partial charge in [-0.1, -0.05) is 30.3 Å². The summed E-state index contributed by atoms with van der Waals surface area (Å²) in [6.45, 7) is 0.147. The van der Waals surface area contributed by atoms with E-state index >= 15 is 0 Å². The van der Waals surface area contributed by atoms with E-state index in [2.05, 4.69) is 0 Å². The topological polar surface area (TPSA) is 55.8 Å². The number of phenols is 1. The number of aromatic hydroxyl groups is 1. The number of benzene rings is 3. The Morgan fingerprint density at radius 1 is 0.958 bits per heavy atom. The molecule has 24 heavy (non-hydrogen) atoms. The summed E-state index contributed by atoms with van der Waals surface area (Å²) in [5, 5.41) is 11.6. The summed E-state index contributed by atoms with van der Waals surface area (Å²) in [6.07, 6.45) is 0. The van der Waals surface area contributed by atoms with Gasteiger partial charge in [0.1, 0.15) is 36.1 Å². The number of carbonyl (C=O) groups excluding carboxylic acids is 1. The van der Waals surface area contributed by atoms with Crippen LogP contribution in [0.5, 0.6) is 11.5 Å². The van der Waals surface area contributed by atoms with Crippen molar-refractivity contribution in [2.75, 3.05) is 13.2 Å². The predicted molar refractivity (Wildman–Crippen MR) is 87.8 cm³/mol. The number of phenolic OH excluding ortho intramolecular Hbond substituents is 1. The number of rotatable bonds is 5. The van der Waals surface area contributed by atoms with Crippen LogP contribution in [0.3, 0.4) is 0 Å². The van der Waals surface area contributed by atoms with Crippen LogP contribution < -0.4 is 4.74 Å². The minimum absolute atomic E-state index is 0.0163. The first kappa shape index (κ1) is 15.8. The zero-order valence-electron chi connectivity index (χ0n) is 12.7. The summed E-state index contributed by atoms with van der Waals surface area (Å²) in [5.41, 5.74) is 0.107. The molecule has 3 aromatic carbocycles. The molecule has 0 saturated heterocycles. The molecule has 0 fully saturated rings. The third-order valence-electron chi connectivity index (χ3n) is 3.52. The van der Waals surface area contributed by atoms with Gasteiger partial charge in [0.15, 0.2) is 0 Å². The van der Waals surface area contributed by atoms with Gasteiger partial charge in [0.25, 0.3) is 0 Å². The first-order valence-electron chi connectivity index (χ1n) is 7.41. The molecule has 122 valence electrons. The van der Waals surface area contributed by atoms with E-state index < -0.39 is 5.97 Å². The lowest BCUT2D eigenvalue weighted by atomic mass is 10.1. The van der Waals surface area contributed by atoms with Crippen molar-refractivity contribution >= 4 is 16.7 Å². The number of esters is 1. The molecule has 5 heteroatoms. The lowest BCUT2D eigenvalue weighted by molar-refractivity contribution is 0.0447. The second-order valence-corrected chi connectivity index (χ2v) is 5.12. The SMILES string of the molecule is O=C(OCCOc1ccc(F)cc1)c1ccc2ccccc2c1O. The number of hydrogen-bond donors (Lipinski definition) is 1. The van der Waals surface area contributed by atoms with Crippen molar-refractivity contribution in [2.45, 2.75) is 0 Å². The van der Waals surface area contributed by atoms with Gasteiger partial charge in [-0.2, -0.15) is 0 Å². The van der Waals surface area contributed by atoms with Crippen LogP contribution in [-0.2, 0) is 4.74 Å². The van der Waals surface area contributed by atoms with Crippen molar-refractivity contribution < 1.29 is 23.8 Å². The van der Waals surface area contributed by atoms with Gasteiger partial charge in [-0.25, -0.2) is 9.18 Å². The van der Waals surface area contributed by atoms with Crippen LogP contribution in [-0.4, -0.2) is 24.3 Å². The molecular weight excluding hydrogens is 311 g/mol. The Kier molecular flexibility index (Phi) is 4.61. The third kappa shape index (κ3) is 3.46. The highest BCUT2D eigenvalue weighted by Crippen LogP contribution is 2.28. The van der Waals surface area contributed by atoms with Crippen LogP contribution in [0.15, 0.2) is 60.7 Å². The third-order valence-corrected chi connectivity index (χ3v) is 3.52. The molecule has 0 aliphatic heterocycles. The van der Waals surface area contributed by atoms with Crippen LogP contribution in [0.1, 0.15) is 10.4 Å². The summed E-state index contributed by atoms with van der Waals surface area (Å²) < 4.78 is 23.2. The molecule has 0 aromatic heterocycles. The Bertz CT molecular complexity index is 859. The van der Waals surface area contributed by atoms with E-state index in [-0.39, 0.29) is 30.3 Å². The van der Waals surface area contributed by atoms with E-state index in [1.165, 1.54) is 30.3 Å². The number of fused-ring (bicyclic) bond motifs is 1. The van der Waals surface area contributed by atoms with Gasteiger partial charge in [0.05, 0.1) is 0 Å². The minimum atomic E-state index is -0.624. The summed E-state index contributed by atoms with van der Waals surface area (Å²) >= 11 is 0. The van der Waals surface area contributed by atoms with Crippen molar-refractivity contribution in [3.63, 3.8) is 0 Å². The molecule has 0 bridgehead atoms. The van der Waals surface area contributed by atoms with Gasteiger partial charge in [0, 0.05) is 5.39 Å². The molecule has 0 atom stereocenters. The highest BCUT2D eigenvalue weighted by Gasteiger charge is 2.14. The van der Waals surface area contributed by atoms with Gasteiger partial charge in [-0.15, -0.1) is 0 Å². The monoisotopic (exact) mass is 326 g/mol. The first-order chi connectivity index (χ1) is 11.6. The quantitative estimate of drug-likeness (QED) is 0.570. The maximum Gasteiger partial charge on any atom is 0.342 e. The summed E-state index contributed by atoms with van der Waals surface area (Å²) in [4.78, 5) is 12.1. The molecule has 0 aliphatic rings. The van der Waals surface area contributed by atoms with E-state index in [1.54, 1.807) is 18.2 Å². The Morgan fingerprint density at radius 2 is 1.71 bits per heavy atom. The van der Waals surface area contributed by atoms with Gasteiger partial charge in [0.2, 0.25) is 0 Å². The maximum absolute atomic E-state index is 12.8. The highest BCUT2D eigenvalue weighted by atomic mass is 19.1. The van der Waals surface area contributed by atoms with E-state index in [9.17, 15) is 14.3 Å². The molecule has 0 unspecified atom stereocenters. The molecule has 4 nitrogen and oxygen atoms in total. The Hall–Kier alpha value is -3.08. The predicted octanol–water partition coefficient (Wildman–Crippen LogP) is 3.92. The Labute approximate surface area is 138 Å². The molecule has 3 rings (SSSR count). The lowest BCUT2D eigenvalue weighted by Crippen LogP contribution is -2.12. The first-order valence-corrected chi connectivity index (χ1v) is 7.41. The molecule has 3 aromatic rings. The zero-order valence-corrected chi connectivity index (χ0v) is 12.7. The Balaban J connectivity index is 1.59. The molecule has 0 spiro atoms. The van der Waals surface area contributed by atoms with E-state index in [0.29, 0.717) is 11.1 Å². The van der Waals surface area contributed by atoms with Gasteiger partial charge >= 0.3 is 5.97 Å². The van der Waals surface area contributed by atoms with E-state index in [0.717, 1.165) is 5.39 Å². The van der Waals surface area contributed by atoms with Crippen molar-refractivity contribution in [3.05, 3.63) is 72.0 Å². The van der Waals surface area contributed by atoms with E-state index in [4.69, 9.17) is 9.47 Å². The van der Waals surface area contributed by atoms with Gasteiger partial charge < -0.3 is 14.6 Å². The molecule has 0 aliphatic carbocycles. The zero-order chi connectivity index (χ0) is 16.9. The molecule has 1 N–H and O–H groups in total. The minimum Gasteiger partial charge on any atom is -0.506 e. The van der Waals surface area contributed by atoms with Crippen molar-refractivity contribution in [3.8, 4) is 11.5 Å².